The van der Waals surface area contributed by atoms with Crippen molar-refractivity contribution < 1.29 is 8.42 Å². The minimum absolute atomic E-state index is 0.00663. The Morgan fingerprint density at radius 2 is 1.74 bits per heavy atom. The van der Waals surface area contributed by atoms with E-state index in [0.29, 0.717) is 47.9 Å². The maximum atomic E-state index is 12.8. The first kappa shape index (κ1) is 22.0. The Morgan fingerprint density at radius 1 is 1.06 bits per heavy atom. The Bertz CT molecular complexity index is 1250. The first-order valence-corrected chi connectivity index (χ1v) is 12.2. The third-order valence-electron chi connectivity index (χ3n) is 5.85. The molecule has 1 aliphatic heterocycles. The van der Waals surface area contributed by atoms with Crippen molar-refractivity contribution in [2.45, 2.75) is 18.7 Å². The number of hydrogen-bond acceptors (Lipinski definition) is 5. The predicted molar refractivity (Wildman–Crippen MR) is 123 cm³/mol. The van der Waals surface area contributed by atoms with E-state index in [4.69, 9.17) is 16.6 Å². The van der Waals surface area contributed by atoms with Crippen molar-refractivity contribution in [2.75, 3.05) is 26.2 Å². The maximum Gasteiger partial charge on any atom is 0.261 e. The summed E-state index contributed by atoms with van der Waals surface area (Å²) in [4.78, 5) is 19.7. The molecular weight excluding hydrogens is 436 g/mol. The number of aromatic nitrogens is 2. The van der Waals surface area contributed by atoms with Gasteiger partial charge in [-0.25, -0.2) is 13.4 Å². The monoisotopic (exact) mass is 460 g/mol. The number of nitrogens with zero attached hydrogens (tertiary/aromatic N) is 4. The van der Waals surface area contributed by atoms with E-state index in [0.717, 1.165) is 5.56 Å². The van der Waals surface area contributed by atoms with Crippen LogP contribution in [0.3, 0.4) is 0 Å². The van der Waals surface area contributed by atoms with Crippen molar-refractivity contribution in [1.29, 1.82) is 0 Å². The van der Waals surface area contributed by atoms with Gasteiger partial charge in [0, 0.05) is 38.2 Å². The number of sulfonamides is 1. The van der Waals surface area contributed by atoms with Gasteiger partial charge in [-0.15, -0.1) is 0 Å². The summed E-state index contributed by atoms with van der Waals surface area (Å²) in [6.45, 7) is 3.97. The van der Waals surface area contributed by atoms with Crippen molar-refractivity contribution in [3.05, 3.63) is 75.3 Å². The molecule has 0 aliphatic carbocycles. The normalized spacial score (nSPS) is 17.1. The van der Waals surface area contributed by atoms with Crippen LogP contribution < -0.4 is 5.56 Å². The molecule has 1 unspecified atom stereocenters. The van der Waals surface area contributed by atoms with Crippen LogP contribution >= 0.6 is 11.6 Å². The fourth-order valence-corrected chi connectivity index (χ4v) is 5.73. The van der Waals surface area contributed by atoms with Gasteiger partial charge in [-0.1, -0.05) is 41.9 Å². The van der Waals surface area contributed by atoms with Crippen molar-refractivity contribution in [1.82, 2.24) is 18.8 Å². The number of piperazine rings is 1. The van der Waals surface area contributed by atoms with Gasteiger partial charge in [-0.3, -0.25) is 14.3 Å². The fraction of sp³-hybridized carbons (Fsp3) is 0.364. The van der Waals surface area contributed by atoms with E-state index in [9.17, 15) is 13.2 Å². The predicted octanol–water partition coefficient (Wildman–Crippen LogP) is 2.80. The highest BCUT2D eigenvalue weighted by atomic mass is 35.5. The van der Waals surface area contributed by atoms with Crippen molar-refractivity contribution in [3.8, 4) is 0 Å². The van der Waals surface area contributed by atoms with Crippen molar-refractivity contribution in [2.24, 2.45) is 7.05 Å². The minimum atomic E-state index is -3.37. The fourth-order valence-electron chi connectivity index (χ4n) is 4.04. The molecule has 0 radical (unpaired) electrons. The largest absolute Gasteiger partial charge is 0.298 e. The van der Waals surface area contributed by atoms with E-state index < -0.39 is 10.0 Å². The zero-order valence-corrected chi connectivity index (χ0v) is 19.1. The molecule has 1 atom stereocenters. The SMILES string of the molecule is CC(c1nc2ccc(Cl)cc2c(=O)n1C)N1CCN(S(=O)(=O)Cc2ccccc2)CC1. The van der Waals surface area contributed by atoms with E-state index in [-0.39, 0.29) is 17.4 Å². The topological polar surface area (TPSA) is 75.5 Å². The van der Waals surface area contributed by atoms with Gasteiger partial charge in [-0.2, -0.15) is 4.31 Å². The van der Waals surface area contributed by atoms with E-state index in [1.54, 1.807) is 34.1 Å². The molecule has 2 heterocycles. The third-order valence-corrected chi connectivity index (χ3v) is 7.94. The van der Waals surface area contributed by atoms with E-state index in [1.165, 1.54) is 0 Å². The molecule has 164 valence electrons. The Balaban J connectivity index is 1.50. The molecule has 4 rings (SSSR count). The third kappa shape index (κ3) is 4.52. The lowest BCUT2D eigenvalue weighted by Crippen LogP contribution is -2.50. The average Bonchev–Trinajstić information content (AvgIpc) is 2.76. The van der Waals surface area contributed by atoms with Crippen molar-refractivity contribution >= 4 is 32.5 Å². The lowest BCUT2D eigenvalue weighted by Gasteiger charge is -2.37. The van der Waals surface area contributed by atoms with Crippen LogP contribution in [0.1, 0.15) is 24.4 Å². The van der Waals surface area contributed by atoms with Crippen LogP contribution in [-0.4, -0.2) is 53.4 Å². The van der Waals surface area contributed by atoms with Crippen LogP contribution in [0.4, 0.5) is 0 Å². The van der Waals surface area contributed by atoms with Gasteiger partial charge in [0.2, 0.25) is 10.0 Å². The van der Waals surface area contributed by atoms with Gasteiger partial charge in [0.15, 0.2) is 0 Å². The van der Waals surface area contributed by atoms with E-state index >= 15 is 0 Å². The average molecular weight is 461 g/mol. The minimum Gasteiger partial charge on any atom is -0.298 e. The molecule has 0 amide bonds. The number of fused-ring (bicyclic) bond motifs is 1. The highest BCUT2D eigenvalue weighted by Crippen LogP contribution is 2.23. The Labute approximate surface area is 186 Å². The van der Waals surface area contributed by atoms with Crippen LogP contribution in [-0.2, 0) is 22.8 Å². The Hall–Kier alpha value is -2.26. The highest BCUT2D eigenvalue weighted by Gasteiger charge is 2.30. The first-order valence-electron chi connectivity index (χ1n) is 10.2. The molecule has 3 aromatic rings. The Kier molecular flexibility index (Phi) is 6.16. The van der Waals surface area contributed by atoms with Gasteiger partial charge >= 0.3 is 0 Å². The van der Waals surface area contributed by atoms with Gasteiger partial charge in [0.1, 0.15) is 5.82 Å². The van der Waals surface area contributed by atoms with Gasteiger partial charge in [-0.05, 0) is 30.7 Å². The summed E-state index contributed by atoms with van der Waals surface area (Å²) < 4.78 is 28.7. The summed E-state index contributed by atoms with van der Waals surface area (Å²) in [6.07, 6.45) is 0. The van der Waals surface area contributed by atoms with Crippen LogP contribution in [0.5, 0.6) is 0 Å². The summed E-state index contributed by atoms with van der Waals surface area (Å²) in [5.74, 6) is 0.660. The molecule has 1 fully saturated rings. The first-order chi connectivity index (χ1) is 14.8. The molecule has 1 aromatic heterocycles. The second-order valence-corrected chi connectivity index (χ2v) is 10.3. The zero-order valence-electron chi connectivity index (χ0n) is 17.5. The molecule has 0 N–H and O–H groups in total. The van der Waals surface area contributed by atoms with Crippen LogP contribution in [0.15, 0.2) is 53.3 Å². The molecule has 1 aliphatic rings. The van der Waals surface area contributed by atoms with Gasteiger partial charge in [0.25, 0.3) is 5.56 Å². The lowest BCUT2D eigenvalue weighted by atomic mass is 10.2. The summed E-state index contributed by atoms with van der Waals surface area (Å²) in [5.41, 5.74) is 1.26. The summed E-state index contributed by atoms with van der Waals surface area (Å²) in [6, 6.07) is 14.2. The molecule has 0 spiro atoms. The van der Waals surface area contributed by atoms with Crippen molar-refractivity contribution in [3.63, 3.8) is 0 Å². The molecule has 1 saturated heterocycles. The summed E-state index contributed by atoms with van der Waals surface area (Å²) >= 11 is 6.03. The quantitative estimate of drug-likeness (QED) is 0.585. The zero-order chi connectivity index (χ0) is 22.2. The van der Waals surface area contributed by atoms with Crippen LogP contribution in [0, 0.1) is 0 Å². The molecular formula is C22H25ClN4O3S. The second-order valence-electron chi connectivity index (χ2n) is 7.85. The Morgan fingerprint density at radius 3 is 2.42 bits per heavy atom. The molecule has 0 bridgehead atoms. The molecule has 9 heteroatoms. The van der Waals surface area contributed by atoms with Crippen LogP contribution in [0.25, 0.3) is 10.9 Å². The number of halogens is 1. The number of benzene rings is 2. The molecule has 31 heavy (non-hydrogen) atoms. The van der Waals surface area contributed by atoms with Gasteiger partial charge in [0.05, 0.1) is 22.7 Å². The maximum absolute atomic E-state index is 12.8. The number of hydrogen-bond donors (Lipinski definition) is 0. The standard InChI is InChI=1S/C22H25ClN4O3S/c1-16(21-24-20-9-8-18(23)14-19(20)22(28)25(21)2)26-10-12-27(13-11-26)31(29,30)15-17-6-4-3-5-7-17/h3-9,14,16H,10-13,15H2,1-2H3. The van der Waals surface area contributed by atoms with E-state index in [1.807, 2.05) is 37.3 Å². The molecule has 2 aromatic carbocycles. The molecule has 0 saturated carbocycles. The lowest BCUT2D eigenvalue weighted by molar-refractivity contribution is 0.139. The highest BCUT2D eigenvalue weighted by molar-refractivity contribution is 7.88. The second kappa shape index (κ2) is 8.70. The van der Waals surface area contributed by atoms with E-state index in [2.05, 4.69) is 4.90 Å². The van der Waals surface area contributed by atoms with Gasteiger partial charge < -0.3 is 0 Å². The number of rotatable bonds is 5. The summed E-state index contributed by atoms with van der Waals surface area (Å²) in [7, 11) is -1.66. The van der Waals surface area contributed by atoms with Crippen LogP contribution in [0.2, 0.25) is 5.02 Å². The smallest absolute Gasteiger partial charge is 0.261 e. The summed E-state index contributed by atoms with van der Waals surface area (Å²) in [5, 5.41) is 0.989. The molecule has 7 nitrogen and oxygen atoms in total.